The minimum atomic E-state index is -3.58. The van der Waals surface area contributed by atoms with E-state index in [9.17, 15) is 17.6 Å². The van der Waals surface area contributed by atoms with Gasteiger partial charge in [-0.05, 0) is 61.3 Å². The number of hydrogen-bond acceptors (Lipinski definition) is 7. The molecule has 11 nitrogen and oxygen atoms in total. The zero-order valence-corrected chi connectivity index (χ0v) is 22.8. The van der Waals surface area contributed by atoms with Crippen LogP contribution in [0.3, 0.4) is 0 Å². The second-order valence-electron chi connectivity index (χ2n) is 10.1. The molecular formula is C26H32F2N6O5S. The number of anilines is 2. The van der Waals surface area contributed by atoms with E-state index in [1.54, 1.807) is 10.6 Å². The Labute approximate surface area is 230 Å². The SMILES string of the molecule is CNS(=O)(=O)N1CCCC(Cn2cnc3c(F)c(Nc4ccc(C5CC5)cc4F)c(C(=O)NOCCO)cc32)C1. The van der Waals surface area contributed by atoms with Gasteiger partial charge in [0.25, 0.3) is 16.1 Å². The van der Waals surface area contributed by atoms with E-state index in [-0.39, 0.29) is 48.1 Å². The molecule has 1 aliphatic heterocycles. The summed E-state index contributed by atoms with van der Waals surface area (Å²) in [6, 6.07) is 6.15. The maximum Gasteiger partial charge on any atom is 0.279 e. The lowest BCUT2D eigenvalue weighted by Gasteiger charge is -2.31. The highest BCUT2D eigenvalue weighted by molar-refractivity contribution is 7.87. The zero-order valence-electron chi connectivity index (χ0n) is 22.0. The maximum atomic E-state index is 16.0. The minimum absolute atomic E-state index is 0.000416. The summed E-state index contributed by atoms with van der Waals surface area (Å²) in [5.74, 6) is -1.96. The first-order valence-corrected chi connectivity index (χ1v) is 14.6. The molecule has 1 aliphatic carbocycles. The van der Waals surface area contributed by atoms with E-state index in [2.05, 4.69) is 20.5 Å². The van der Waals surface area contributed by atoms with Gasteiger partial charge in [0.05, 0.1) is 42.0 Å². The highest BCUT2D eigenvalue weighted by Gasteiger charge is 2.30. The zero-order chi connectivity index (χ0) is 28.4. The van der Waals surface area contributed by atoms with Gasteiger partial charge in [0.2, 0.25) is 0 Å². The van der Waals surface area contributed by atoms with Gasteiger partial charge in [-0.3, -0.25) is 9.63 Å². The Bertz CT molecular complexity index is 1510. The standard InChI is InChI=1S/C26H32F2N6O5S/c1-29-40(37,38)34-8-2-3-16(14-34)13-33-15-30-25-22(33)12-19(26(36)32-39-10-9-35)24(23(25)28)31-21-7-6-18(11-20(21)27)17-4-5-17/h6-7,11-12,15-17,29,31,35H,2-5,8-10,13-14H2,1H3,(H,32,36). The van der Waals surface area contributed by atoms with Crippen LogP contribution in [0.2, 0.25) is 0 Å². The number of carbonyl (C=O) groups excluding carboxylic acids is 1. The number of rotatable bonds is 11. The van der Waals surface area contributed by atoms with Gasteiger partial charge in [0.15, 0.2) is 5.82 Å². The van der Waals surface area contributed by atoms with Crippen LogP contribution in [-0.4, -0.2) is 66.6 Å². The molecular weight excluding hydrogens is 546 g/mol. The molecule has 0 spiro atoms. The highest BCUT2D eigenvalue weighted by atomic mass is 32.2. The number of aliphatic hydroxyl groups excluding tert-OH is 1. The van der Waals surface area contributed by atoms with Crippen LogP contribution in [0, 0.1) is 17.6 Å². The van der Waals surface area contributed by atoms with Gasteiger partial charge < -0.3 is 15.0 Å². The van der Waals surface area contributed by atoms with Crippen molar-refractivity contribution in [2.45, 2.75) is 38.1 Å². The Hall–Kier alpha value is -3.17. The second kappa shape index (κ2) is 11.7. The van der Waals surface area contributed by atoms with E-state index in [0.29, 0.717) is 30.9 Å². The molecule has 40 heavy (non-hydrogen) atoms. The number of imidazole rings is 1. The summed E-state index contributed by atoms with van der Waals surface area (Å²) in [5.41, 5.74) is 2.91. The van der Waals surface area contributed by atoms with Crippen molar-refractivity contribution in [1.82, 2.24) is 24.1 Å². The largest absolute Gasteiger partial charge is 0.394 e. The molecule has 1 saturated heterocycles. The van der Waals surface area contributed by atoms with E-state index in [1.807, 2.05) is 0 Å². The fourth-order valence-electron chi connectivity index (χ4n) is 5.06. The van der Waals surface area contributed by atoms with Gasteiger partial charge in [-0.15, -0.1) is 0 Å². The Morgan fingerprint density at radius 2 is 2.02 bits per heavy atom. The molecule has 14 heteroatoms. The summed E-state index contributed by atoms with van der Waals surface area (Å²) in [7, 11) is -2.22. The van der Waals surface area contributed by atoms with Gasteiger partial charge in [0, 0.05) is 26.7 Å². The number of hydrogen-bond donors (Lipinski definition) is 4. The molecule has 0 bridgehead atoms. The first kappa shape index (κ1) is 28.4. The smallest absolute Gasteiger partial charge is 0.279 e. The van der Waals surface area contributed by atoms with Gasteiger partial charge in [-0.2, -0.15) is 12.7 Å². The molecule has 1 amide bonds. The number of nitrogens with zero attached hydrogens (tertiary/aromatic N) is 3. The van der Waals surface area contributed by atoms with E-state index in [4.69, 9.17) is 9.94 Å². The molecule has 216 valence electrons. The topological polar surface area (TPSA) is 138 Å². The van der Waals surface area contributed by atoms with Crippen molar-refractivity contribution < 1.29 is 31.9 Å². The number of aliphatic hydroxyl groups is 1. The predicted octanol–water partition coefficient (Wildman–Crippen LogP) is 2.77. The Kier molecular flexibility index (Phi) is 8.33. The molecule has 1 aromatic heterocycles. The van der Waals surface area contributed by atoms with Crippen molar-refractivity contribution in [3.8, 4) is 0 Å². The number of aromatic nitrogens is 2. The summed E-state index contributed by atoms with van der Waals surface area (Å²) < 4.78 is 60.9. The van der Waals surface area contributed by atoms with Crippen molar-refractivity contribution in [2.24, 2.45) is 5.92 Å². The lowest BCUT2D eigenvalue weighted by molar-refractivity contribution is 0.0169. The van der Waals surface area contributed by atoms with E-state index < -0.39 is 27.8 Å². The van der Waals surface area contributed by atoms with Crippen LogP contribution in [0.25, 0.3) is 11.0 Å². The molecule has 2 aliphatic rings. The quantitative estimate of drug-likeness (QED) is 0.203. The Morgan fingerprint density at radius 1 is 1.23 bits per heavy atom. The molecule has 2 fully saturated rings. The molecule has 1 saturated carbocycles. The van der Waals surface area contributed by atoms with E-state index in [0.717, 1.165) is 24.8 Å². The first-order valence-electron chi connectivity index (χ1n) is 13.2. The molecule has 4 N–H and O–H groups in total. The summed E-state index contributed by atoms with van der Waals surface area (Å²) in [5, 5.41) is 11.7. The predicted molar refractivity (Wildman–Crippen MR) is 144 cm³/mol. The van der Waals surface area contributed by atoms with Crippen LogP contribution in [0.5, 0.6) is 0 Å². The first-order chi connectivity index (χ1) is 19.2. The molecule has 2 heterocycles. The summed E-state index contributed by atoms with van der Waals surface area (Å²) in [6.45, 7) is 0.513. The number of halogens is 2. The number of fused-ring (bicyclic) bond motifs is 1. The van der Waals surface area contributed by atoms with Crippen LogP contribution < -0.4 is 15.5 Å². The van der Waals surface area contributed by atoms with Gasteiger partial charge in [-0.25, -0.2) is 24.0 Å². The molecule has 1 unspecified atom stereocenters. The number of piperidine rings is 1. The Balaban J connectivity index is 1.48. The van der Waals surface area contributed by atoms with Crippen LogP contribution in [0.4, 0.5) is 20.2 Å². The molecule has 2 aromatic carbocycles. The maximum absolute atomic E-state index is 16.0. The number of amides is 1. The van der Waals surface area contributed by atoms with E-state index in [1.165, 1.54) is 35.9 Å². The summed E-state index contributed by atoms with van der Waals surface area (Å²) in [6.07, 6.45) is 4.88. The number of benzene rings is 2. The molecule has 3 aromatic rings. The lowest BCUT2D eigenvalue weighted by Crippen LogP contribution is -2.45. The fourth-order valence-corrected chi connectivity index (χ4v) is 6.10. The fraction of sp³-hybridized carbons (Fsp3) is 0.462. The van der Waals surface area contributed by atoms with Crippen molar-refractivity contribution in [2.75, 3.05) is 38.7 Å². The third kappa shape index (κ3) is 5.95. The van der Waals surface area contributed by atoms with Crippen LogP contribution in [0.15, 0.2) is 30.6 Å². The van der Waals surface area contributed by atoms with E-state index >= 15 is 4.39 Å². The Morgan fingerprint density at radius 3 is 2.73 bits per heavy atom. The van der Waals surface area contributed by atoms with Crippen LogP contribution in [0.1, 0.15) is 47.5 Å². The summed E-state index contributed by atoms with van der Waals surface area (Å²) >= 11 is 0. The normalized spacial score (nSPS) is 18.2. The van der Waals surface area contributed by atoms with Crippen LogP contribution >= 0.6 is 0 Å². The van der Waals surface area contributed by atoms with Gasteiger partial charge in [0.1, 0.15) is 11.3 Å². The third-order valence-electron chi connectivity index (χ3n) is 7.29. The lowest BCUT2D eigenvalue weighted by atomic mass is 9.99. The highest BCUT2D eigenvalue weighted by Crippen LogP contribution is 2.41. The van der Waals surface area contributed by atoms with Crippen molar-refractivity contribution in [3.05, 3.63) is 53.4 Å². The average Bonchev–Trinajstić information content (AvgIpc) is 3.72. The number of hydroxylamine groups is 1. The molecule has 0 radical (unpaired) electrons. The van der Waals surface area contributed by atoms with Gasteiger partial charge >= 0.3 is 0 Å². The molecule has 5 rings (SSSR count). The second-order valence-corrected chi connectivity index (χ2v) is 12.0. The third-order valence-corrected chi connectivity index (χ3v) is 8.82. The van der Waals surface area contributed by atoms with Crippen LogP contribution in [-0.2, 0) is 21.6 Å². The monoisotopic (exact) mass is 578 g/mol. The molecule has 1 atom stereocenters. The number of carbonyl (C=O) groups is 1. The number of nitrogens with one attached hydrogen (secondary N) is 3. The van der Waals surface area contributed by atoms with Gasteiger partial charge in [-0.1, -0.05) is 6.07 Å². The van der Waals surface area contributed by atoms with Crippen molar-refractivity contribution >= 4 is 38.5 Å². The van der Waals surface area contributed by atoms with Crippen molar-refractivity contribution in [3.63, 3.8) is 0 Å². The summed E-state index contributed by atoms with van der Waals surface area (Å²) in [4.78, 5) is 22.2. The minimum Gasteiger partial charge on any atom is -0.394 e. The van der Waals surface area contributed by atoms with Crippen molar-refractivity contribution in [1.29, 1.82) is 0 Å². The average molecular weight is 579 g/mol.